The minimum atomic E-state index is -4.49. The van der Waals surface area contributed by atoms with Crippen molar-refractivity contribution >= 4 is 17.5 Å². The van der Waals surface area contributed by atoms with Crippen molar-refractivity contribution < 1.29 is 42.1 Å². The highest BCUT2D eigenvalue weighted by atomic mass is 19.4. The Morgan fingerprint density at radius 3 is 2.64 bits per heavy atom. The second kappa shape index (κ2) is 9.86. The van der Waals surface area contributed by atoms with Gasteiger partial charge in [-0.15, -0.1) is 0 Å². The maximum absolute atomic E-state index is 12.6. The van der Waals surface area contributed by atoms with Gasteiger partial charge in [0.2, 0.25) is 11.8 Å². The number of aliphatic hydroxyl groups excluding tert-OH is 1. The minimum absolute atomic E-state index is 0.0758. The standard InChI is InChI=1S/C22H27F3N2O6/c23-22(24,25)11-26-19(29)9-14-8-16-15-7-13(27-21(30)12-3-5-31-6-4-12)1-2-17(15)33-20(16)18(10-28)32-14/h1-2,7,12,14,16,18,20,28H,3-6,8-11H2,(H,26,29)(H,27,30)/t14-,16-,18-,20+/m0/s1. The van der Waals surface area contributed by atoms with Gasteiger partial charge in [-0.25, -0.2) is 0 Å². The maximum Gasteiger partial charge on any atom is 0.405 e. The second-order valence-corrected chi connectivity index (χ2v) is 8.63. The van der Waals surface area contributed by atoms with Crippen LogP contribution in [0.4, 0.5) is 18.9 Å². The molecule has 0 aliphatic carbocycles. The molecule has 8 nitrogen and oxygen atoms in total. The summed E-state index contributed by atoms with van der Waals surface area (Å²) in [7, 11) is 0. The first-order valence-electron chi connectivity index (χ1n) is 11.0. The molecular formula is C22H27F3N2O6. The van der Waals surface area contributed by atoms with Crippen LogP contribution in [0.15, 0.2) is 18.2 Å². The third kappa shape index (κ3) is 5.77. The van der Waals surface area contributed by atoms with Crippen molar-refractivity contribution in [3.05, 3.63) is 23.8 Å². The van der Waals surface area contributed by atoms with Crippen LogP contribution in [-0.2, 0) is 19.1 Å². The van der Waals surface area contributed by atoms with E-state index in [2.05, 4.69) is 5.32 Å². The number of alkyl halides is 3. The number of amides is 2. The van der Waals surface area contributed by atoms with E-state index in [1.165, 1.54) is 0 Å². The lowest BCUT2D eigenvalue weighted by Gasteiger charge is -2.37. The zero-order valence-electron chi connectivity index (χ0n) is 17.9. The minimum Gasteiger partial charge on any atom is -0.487 e. The van der Waals surface area contributed by atoms with Crippen molar-refractivity contribution in [3.63, 3.8) is 0 Å². The smallest absolute Gasteiger partial charge is 0.405 e. The van der Waals surface area contributed by atoms with E-state index in [1.54, 1.807) is 12.1 Å². The summed E-state index contributed by atoms with van der Waals surface area (Å²) in [5, 5.41) is 14.6. The predicted octanol–water partition coefficient (Wildman–Crippen LogP) is 2.11. The highest BCUT2D eigenvalue weighted by molar-refractivity contribution is 5.92. The van der Waals surface area contributed by atoms with Crippen LogP contribution in [0.1, 0.15) is 37.2 Å². The number of halogens is 3. The fourth-order valence-corrected chi connectivity index (χ4v) is 4.65. The van der Waals surface area contributed by atoms with Crippen LogP contribution in [0.3, 0.4) is 0 Å². The van der Waals surface area contributed by atoms with Crippen molar-refractivity contribution in [1.82, 2.24) is 5.32 Å². The number of hydrogen-bond donors (Lipinski definition) is 3. The van der Waals surface area contributed by atoms with Crippen molar-refractivity contribution in [2.24, 2.45) is 5.92 Å². The summed E-state index contributed by atoms with van der Waals surface area (Å²) in [6.07, 6.45) is -4.97. The first-order valence-corrected chi connectivity index (χ1v) is 11.0. The third-order valence-corrected chi connectivity index (χ3v) is 6.26. The van der Waals surface area contributed by atoms with Gasteiger partial charge in [0, 0.05) is 36.3 Å². The first kappa shape index (κ1) is 23.8. The van der Waals surface area contributed by atoms with E-state index in [0.717, 1.165) is 5.56 Å². The van der Waals surface area contributed by atoms with Gasteiger partial charge in [0.05, 0.1) is 19.1 Å². The van der Waals surface area contributed by atoms with E-state index < -0.39 is 36.9 Å². The quantitative estimate of drug-likeness (QED) is 0.586. The Balaban J connectivity index is 1.43. The summed E-state index contributed by atoms with van der Waals surface area (Å²) >= 11 is 0. The number of carbonyl (C=O) groups excluding carboxylic acids is 2. The van der Waals surface area contributed by atoms with Gasteiger partial charge in [0.1, 0.15) is 24.5 Å². The molecule has 4 atom stereocenters. The lowest BCUT2D eigenvalue weighted by Crippen LogP contribution is -2.47. The van der Waals surface area contributed by atoms with E-state index in [4.69, 9.17) is 14.2 Å². The number of benzene rings is 1. The van der Waals surface area contributed by atoms with Gasteiger partial charge in [0.15, 0.2) is 0 Å². The van der Waals surface area contributed by atoms with Crippen LogP contribution in [0.2, 0.25) is 0 Å². The molecule has 3 aliphatic rings. The van der Waals surface area contributed by atoms with Gasteiger partial charge in [-0.05, 0) is 37.5 Å². The summed E-state index contributed by atoms with van der Waals surface area (Å²) in [6, 6.07) is 5.30. The van der Waals surface area contributed by atoms with E-state index in [-0.39, 0.29) is 30.8 Å². The zero-order valence-corrected chi connectivity index (χ0v) is 17.9. The fourth-order valence-electron chi connectivity index (χ4n) is 4.65. The van der Waals surface area contributed by atoms with Crippen LogP contribution >= 0.6 is 0 Å². The molecule has 4 rings (SSSR count). The largest absolute Gasteiger partial charge is 0.487 e. The number of ether oxygens (including phenoxy) is 3. The van der Waals surface area contributed by atoms with E-state index in [0.29, 0.717) is 43.9 Å². The Labute approximate surface area is 188 Å². The average Bonchev–Trinajstić information content (AvgIpc) is 3.15. The molecule has 2 amide bonds. The van der Waals surface area contributed by atoms with Gasteiger partial charge in [0.25, 0.3) is 0 Å². The molecule has 0 spiro atoms. The van der Waals surface area contributed by atoms with Gasteiger partial charge >= 0.3 is 6.18 Å². The summed E-state index contributed by atoms with van der Waals surface area (Å²) in [5.74, 6) is -0.598. The highest BCUT2D eigenvalue weighted by Gasteiger charge is 2.46. The molecule has 1 aromatic rings. The normalized spacial score (nSPS) is 27.3. The molecule has 1 aromatic carbocycles. The van der Waals surface area contributed by atoms with Gasteiger partial charge in [-0.2, -0.15) is 13.2 Å². The molecule has 33 heavy (non-hydrogen) atoms. The zero-order chi connectivity index (χ0) is 23.6. The van der Waals surface area contributed by atoms with Crippen molar-refractivity contribution in [1.29, 1.82) is 0 Å². The molecular weight excluding hydrogens is 445 g/mol. The Hall–Kier alpha value is -2.37. The molecule has 3 N–H and O–H groups in total. The van der Waals surface area contributed by atoms with Gasteiger partial charge in [-0.3, -0.25) is 9.59 Å². The Bertz CT molecular complexity index is 874. The number of rotatable bonds is 6. The molecule has 2 saturated heterocycles. The highest BCUT2D eigenvalue weighted by Crippen LogP contribution is 2.47. The molecule has 182 valence electrons. The maximum atomic E-state index is 12.6. The SMILES string of the molecule is O=C(C[C@@H]1C[C@H]2c3cc(NC(=O)C4CCOCC4)ccc3O[C@H]2[C@H](CO)O1)NCC(F)(F)F. The molecule has 0 unspecified atom stereocenters. The number of aliphatic hydroxyl groups is 1. The Morgan fingerprint density at radius 1 is 1.18 bits per heavy atom. The van der Waals surface area contributed by atoms with Crippen molar-refractivity contribution in [2.45, 2.75) is 56.1 Å². The van der Waals surface area contributed by atoms with E-state index >= 15 is 0 Å². The predicted molar refractivity (Wildman–Crippen MR) is 110 cm³/mol. The molecule has 11 heteroatoms. The lowest BCUT2D eigenvalue weighted by atomic mass is 9.84. The average molecular weight is 472 g/mol. The molecule has 0 aromatic heterocycles. The number of anilines is 1. The molecule has 0 bridgehead atoms. The monoisotopic (exact) mass is 472 g/mol. The van der Waals surface area contributed by atoms with Crippen molar-refractivity contribution in [3.8, 4) is 5.75 Å². The summed E-state index contributed by atoms with van der Waals surface area (Å²) in [5.41, 5.74) is 1.42. The Morgan fingerprint density at radius 2 is 1.94 bits per heavy atom. The van der Waals surface area contributed by atoms with Crippen molar-refractivity contribution in [2.75, 3.05) is 31.7 Å². The van der Waals surface area contributed by atoms with Gasteiger partial charge in [-0.1, -0.05) is 0 Å². The van der Waals surface area contributed by atoms with E-state index in [9.17, 15) is 27.9 Å². The summed E-state index contributed by atoms with van der Waals surface area (Å²) < 4.78 is 54.1. The topological polar surface area (TPSA) is 106 Å². The lowest BCUT2D eigenvalue weighted by molar-refractivity contribution is -0.149. The van der Waals surface area contributed by atoms with Crippen LogP contribution in [0.25, 0.3) is 0 Å². The molecule has 2 fully saturated rings. The van der Waals surface area contributed by atoms with Gasteiger partial charge < -0.3 is 30.0 Å². The number of hydrogen-bond acceptors (Lipinski definition) is 6. The van der Waals surface area contributed by atoms with Crippen LogP contribution in [0, 0.1) is 5.92 Å². The summed E-state index contributed by atoms with van der Waals surface area (Å²) in [6.45, 7) is -0.653. The first-order chi connectivity index (χ1) is 15.7. The van der Waals surface area contributed by atoms with Crippen LogP contribution in [-0.4, -0.2) is 67.8 Å². The molecule has 0 saturated carbocycles. The van der Waals surface area contributed by atoms with Crippen LogP contribution < -0.4 is 15.4 Å². The second-order valence-electron chi connectivity index (χ2n) is 8.63. The number of nitrogens with one attached hydrogen (secondary N) is 2. The van der Waals surface area contributed by atoms with Crippen LogP contribution in [0.5, 0.6) is 5.75 Å². The molecule has 3 heterocycles. The van der Waals surface area contributed by atoms with E-state index in [1.807, 2.05) is 11.4 Å². The Kier molecular flexibility index (Phi) is 7.10. The number of carbonyl (C=O) groups is 2. The number of fused-ring (bicyclic) bond motifs is 3. The third-order valence-electron chi connectivity index (χ3n) is 6.26. The molecule has 3 aliphatic heterocycles. The fraction of sp³-hybridized carbons (Fsp3) is 0.636. The summed E-state index contributed by atoms with van der Waals surface area (Å²) in [4.78, 5) is 24.6. The molecule has 0 radical (unpaired) electrons.